The number of hydrogen-bond donors (Lipinski definition) is 3. The number of benzene rings is 1. The molecule has 0 spiro atoms. The first-order valence-electron chi connectivity index (χ1n) is 13.5. The number of aromatic nitrogens is 1. The van der Waals surface area contributed by atoms with Crippen LogP contribution in [0, 0.1) is 6.92 Å². The van der Waals surface area contributed by atoms with Crippen molar-refractivity contribution in [3.05, 3.63) is 59.4 Å². The molecule has 42 heavy (non-hydrogen) atoms. The third kappa shape index (κ3) is 8.10. The summed E-state index contributed by atoms with van der Waals surface area (Å²) >= 11 is 0. The van der Waals surface area contributed by atoms with Crippen molar-refractivity contribution in [2.24, 2.45) is 0 Å². The molecular weight excluding hydrogens is 561 g/mol. The summed E-state index contributed by atoms with van der Waals surface area (Å²) in [4.78, 5) is 42.6. The van der Waals surface area contributed by atoms with Gasteiger partial charge in [-0.3, -0.25) is 9.59 Å². The SMILES string of the molecule is Cc1ccc([C@@H](Oc2ccc(C(=O)N[C@H]3CCCN(C(=O)O[C@@H]4CCOC4O)C3)nc2)[C@H](C)NC(=O)C(F)(F)F)cc1. The van der Waals surface area contributed by atoms with Gasteiger partial charge in [0.05, 0.1) is 18.8 Å². The predicted octanol–water partition coefficient (Wildman–Crippen LogP) is 3.02. The number of pyridine rings is 1. The van der Waals surface area contributed by atoms with Crippen molar-refractivity contribution < 1.29 is 46.9 Å². The molecular formula is C28H33F3N4O7. The molecule has 5 atom stereocenters. The normalized spacial score (nSPS) is 22.1. The van der Waals surface area contributed by atoms with Gasteiger partial charge in [0.15, 0.2) is 12.4 Å². The summed E-state index contributed by atoms with van der Waals surface area (Å²) in [6, 6.07) is 8.38. The first-order chi connectivity index (χ1) is 19.9. The van der Waals surface area contributed by atoms with E-state index in [-0.39, 0.29) is 24.0 Å². The Morgan fingerprint density at radius 3 is 2.50 bits per heavy atom. The minimum atomic E-state index is -5.05. The number of alkyl halides is 3. The number of aryl methyl sites for hydroxylation is 1. The van der Waals surface area contributed by atoms with E-state index in [1.165, 1.54) is 30.2 Å². The van der Waals surface area contributed by atoms with Crippen LogP contribution in [0.3, 0.4) is 0 Å². The molecule has 4 rings (SSSR count). The Morgan fingerprint density at radius 1 is 1.14 bits per heavy atom. The molecule has 228 valence electrons. The lowest BCUT2D eigenvalue weighted by Crippen LogP contribution is -2.50. The van der Waals surface area contributed by atoms with Crippen molar-refractivity contribution in [3.63, 3.8) is 0 Å². The van der Waals surface area contributed by atoms with Gasteiger partial charge in [-0.05, 0) is 44.4 Å². The molecule has 1 aromatic heterocycles. The van der Waals surface area contributed by atoms with Gasteiger partial charge in [0.2, 0.25) is 0 Å². The number of carbonyl (C=O) groups excluding carboxylic acids is 3. The number of rotatable bonds is 8. The number of carbonyl (C=O) groups is 3. The fraction of sp³-hybridized carbons (Fsp3) is 0.500. The molecule has 1 unspecified atom stereocenters. The standard InChI is InChI=1S/C28H33F3N4O7/c1-16-5-7-18(8-6-16)23(17(2)33-26(38)28(29,30)31)41-20-9-10-21(32-14-20)24(36)34-19-4-3-12-35(15-19)27(39)42-22-11-13-40-25(22)37/h5-10,14,17,19,22-23,25,37H,3-4,11-13,15H2,1-2H3,(H,33,38)(H,34,36)/t17-,19-,22+,23-,25?/m0/s1. The molecule has 11 nitrogen and oxygen atoms in total. The van der Waals surface area contributed by atoms with Gasteiger partial charge < -0.3 is 34.9 Å². The van der Waals surface area contributed by atoms with Crippen LogP contribution in [0.1, 0.15) is 53.9 Å². The molecule has 2 aliphatic rings. The van der Waals surface area contributed by atoms with Crippen molar-refractivity contribution in [3.8, 4) is 5.75 Å². The zero-order valence-electron chi connectivity index (χ0n) is 23.1. The first kappa shape index (κ1) is 31.0. The van der Waals surface area contributed by atoms with E-state index in [0.29, 0.717) is 38.0 Å². The summed E-state index contributed by atoms with van der Waals surface area (Å²) < 4.78 is 54.9. The van der Waals surface area contributed by atoms with Crippen molar-refractivity contribution in [1.82, 2.24) is 20.5 Å². The largest absolute Gasteiger partial charge is 0.482 e. The molecule has 0 aliphatic carbocycles. The van der Waals surface area contributed by atoms with E-state index in [4.69, 9.17) is 14.2 Å². The quantitative estimate of drug-likeness (QED) is 0.424. The molecule has 2 saturated heterocycles. The second kappa shape index (κ2) is 13.4. The van der Waals surface area contributed by atoms with Crippen LogP contribution in [-0.4, -0.2) is 83.2 Å². The van der Waals surface area contributed by atoms with Gasteiger partial charge in [-0.2, -0.15) is 13.2 Å². The second-order valence-corrected chi connectivity index (χ2v) is 10.3. The van der Waals surface area contributed by atoms with Crippen molar-refractivity contribution >= 4 is 17.9 Å². The summed E-state index contributed by atoms with van der Waals surface area (Å²) in [6.07, 6.45) is -5.57. The van der Waals surface area contributed by atoms with Crippen LogP contribution < -0.4 is 15.4 Å². The van der Waals surface area contributed by atoms with E-state index >= 15 is 0 Å². The number of likely N-dealkylation sites (tertiary alicyclic amines) is 1. The molecule has 2 fully saturated rings. The molecule has 2 aromatic rings. The fourth-order valence-electron chi connectivity index (χ4n) is 4.71. The Hall–Kier alpha value is -3.91. The molecule has 0 radical (unpaired) electrons. The Labute approximate surface area is 240 Å². The molecule has 2 aliphatic heterocycles. The van der Waals surface area contributed by atoms with Crippen molar-refractivity contribution in [1.29, 1.82) is 0 Å². The molecule has 3 amide bonds. The van der Waals surface area contributed by atoms with E-state index in [1.54, 1.807) is 24.3 Å². The molecule has 0 bridgehead atoms. The summed E-state index contributed by atoms with van der Waals surface area (Å²) in [6.45, 7) is 4.22. The van der Waals surface area contributed by atoms with Crippen LogP contribution in [0.15, 0.2) is 42.6 Å². The lowest BCUT2D eigenvalue weighted by molar-refractivity contribution is -0.174. The highest BCUT2D eigenvalue weighted by atomic mass is 19.4. The lowest BCUT2D eigenvalue weighted by atomic mass is 10.0. The molecule has 14 heteroatoms. The number of hydrogen-bond acceptors (Lipinski definition) is 8. The molecule has 0 saturated carbocycles. The van der Waals surface area contributed by atoms with Crippen molar-refractivity contribution in [2.75, 3.05) is 19.7 Å². The Balaban J connectivity index is 1.37. The van der Waals surface area contributed by atoms with Gasteiger partial charge in [-0.1, -0.05) is 29.8 Å². The summed E-state index contributed by atoms with van der Waals surface area (Å²) in [5.41, 5.74) is 1.54. The van der Waals surface area contributed by atoms with Gasteiger partial charge >= 0.3 is 18.2 Å². The van der Waals surface area contributed by atoms with Gasteiger partial charge in [-0.25, -0.2) is 9.78 Å². The van der Waals surface area contributed by atoms with Gasteiger partial charge in [-0.15, -0.1) is 0 Å². The number of halogens is 3. The monoisotopic (exact) mass is 594 g/mol. The highest BCUT2D eigenvalue weighted by Crippen LogP contribution is 2.27. The third-order valence-electron chi connectivity index (χ3n) is 6.98. The van der Waals surface area contributed by atoms with Crippen LogP contribution in [0.25, 0.3) is 0 Å². The number of aliphatic hydroxyl groups excluding tert-OH is 1. The van der Waals surface area contributed by atoms with Crippen LogP contribution in [0.2, 0.25) is 0 Å². The zero-order chi connectivity index (χ0) is 30.4. The Morgan fingerprint density at radius 2 is 1.88 bits per heavy atom. The molecule has 3 N–H and O–H groups in total. The van der Waals surface area contributed by atoms with Gasteiger partial charge in [0.25, 0.3) is 5.91 Å². The number of nitrogens with zero attached hydrogens (tertiary/aromatic N) is 2. The minimum Gasteiger partial charge on any atom is -0.482 e. The Kier molecular flexibility index (Phi) is 9.89. The highest BCUT2D eigenvalue weighted by molar-refractivity contribution is 5.92. The highest BCUT2D eigenvalue weighted by Gasteiger charge is 2.40. The molecule has 3 heterocycles. The maximum absolute atomic E-state index is 12.9. The minimum absolute atomic E-state index is 0.0681. The van der Waals surface area contributed by atoms with E-state index in [0.717, 1.165) is 5.56 Å². The third-order valence-corrected chi connectivity index (χ3v) is 6.98. The van der Waals surface area contributed by atoms with Gasteiger partial charge in [0, 0.05) is 25.6 Å². The number of nitrogens with one attached hydrogen (secondary N) is 2. The summed E-state index contributed by atoms with van der Waals surface area (Å²) in [5, 5.41) is 14.5. The maximum Gasteiger partial charge on any atom is 0.471 e. The predicted molar refractivity (Wildman–Crippen MR) is 141 cm³/mol. The topological polar surface area (TPSA) is 139 Å². The van der Waals surface area contributed by atoms with E-state index in [1.807, 2.05) is 12.2 Å². The van der Waals surface area contributed by atoms with Crippen LogP contribution in [0.4, 0.5) is 18.0 Å². The number of ether oxygens (including phenoxy) is 3. The van der Waals surface area contributed by atoms with E-state index in [2.05, 4.69) is 10.3 Å². The number of aliphatic hydroxyl groups is 1. The molecule has 1 aromatic carbocycles. The van der Waals surface area contributed by atoms with Gasteiger partial charge in [0.1, 0.15) is 17.5 Å². The zero-order valence-corrected chi connectivity index (χ0v) is 23.1. The average Bonchev–Trinajstić information content (AvgIpc) is 3.36. The number of amides is 3. The smallest absolute Gasteiger partial charge is 0.471 e. The maximum atomic E-state index is 12.9. The van der Waals surface area contributed by atoms with Crippen LogP contribution >= 0.6 is 0 Å². The summed E-state index contributed by atoms with van der Waals surface area (Å²) in [7, 11) is 0. The second-order valence-electron chi connectivity index (χ2n) is 10.3. The van der Waals surface area contributed by atoms with Crippen LogP contribution in [-0.2, 0) is 14.3 Å². The first-order valence-corrected chi connectivity index (χ1v) is 13.5. The van der Waals surface area contributed by atoms with Crippen LogP contribution in [0.5, 0.6) is 5.75 Å². The van der Waals surface area contributed by atoms with E-state index in [9.17, 15) is 32.7 Å². The van der Waals surface area contributed by atoms with Crippen molar-refractivity contribution in [2.45, 2.75) is 69.9 Å². The Bertz CT molecular complexity index is 1240. The van der Waals surface area contributed by atoms with E-state index < -0.39 is 48.6 Å². The summed E-state index contributed by atoms with van der Waals surface area (Å²) in [5.74, 6) is -2.39. The fourth-order valence-corrected chi connectivity index (χ4v) is 4.71. The average molecular weight is 595 g/mol. The lowest BCUT2D eigenvalue weighted by Gasteiger charge is -2.33. The number of piperidine rings is 1.